The van der Waals surface area contributed by atoms with Gasteiger partial charge in [0, 0.05) is 24.7 Å². The summed E-state index contributed by atoms with van der Waals surface area (Å²) in [5.74, 6) is -1.95. The summed E-state index contributed by atoms with van der Waals surface area (Å²) < 4.78 is 0. The van der Waals surface area contributed by atoms with Gasteiger partial charge >= 0.3 is 0 Å². The van der Waals surface area contributed by atoms with Gasteiger partial charge in [0.15, 0.2) is 0 Å². The van der Waals surface area contributed by atoms with Crippen molar-refractivity contribution in [3.8, 4) is 0 Å². The van der Waals surface area contributed by atoms with Crippen molar-refractivity contribution in [1.82, 2.24) is 9.80 Å². The highest BCUT2D eigenvalue weighted by Crippen LogP contribution is 2.42. The molecule has 0 bridgehead atoms. The SMILES string of the molecule is CCN(CC)CCN1C(=O)C(=O)/C(=C(/O)c2ccc(C)cc2)[C@H]1c1ccccc1[N+](=O)[O-]. The topological polar surface area (TPSA) is 104 Å². The zero-order valence-corrected chi connectivity index (χ0v) is 18.4. The molecule has 0 radical (unpaired) electrons. The van der Waals surface area contributed by atoms with Gasteiger partial charge in [-0.1, -0.05) is 55.8 Å². The third-order valence-electron chi connectivity index (χ3n) is 5.84. The summed E-state index contributed by atoms with van der Waals surface area (Å²) >= 11 is 0. The largest absolute Gasteiger partial charge is 0.507 e. The van der Waals surface area contributed by atoms with Crippen LogP contribution < -0.4 is 0 Å². The van der Waals surface area contributed by atoms with Gasteiger partial charge in [-0.15, -0.1) is 0 Å². The van der Waals surface area contributed by atoms with Crippen molar-refractivity contribution in [3.05, 3.63) is 80.9 Å². The molecule has 0 unspecified atom stereocenters. The number of aryl methyl sites for hydroxylation is 1. The number of hydrogen-bond donors (Lipinski definition) is 1. The van der Waals surface area contributed by atoms with Crippen LogP contribution in [0, 0.1) is 17.0 Å². The number of nitro benzene ring substituents is 1. The first-order chi connectivity index (χ1) is 15.3. The second-order valence-electron chi connectivity index (χ2n) is 7.70. The maximum atomic E-state index is 13.1. The van der Waals surface area contributed by atoms with Crippen LogP contribution in [0.2, 0.25) is 0 Å². The summed E-state index contributed by atoms with van der Waals surface area (Å²) in [6.07, 6.45) is 0. The number of likely N-dealkylation sites (N-methyl/N-ethyl adjacent to an activating group) is 1. The first-order valence-corrected chi connectivity index (χ1v) is 10.6. The molecule has 1 aliphatic rings. The molecule has 1 N–H and O–H groups in total. The molecule has 1 fully saturated rings. The predicted octanol–water partition coefficient (Wildman–Crippen LogP) is 3.67. The van der Waals surface area contributed by atoms with Crippen molar-refractivity contribution >= 4 is 23.1 Å². The minimum Gasteiger partial charge on any atom is -0.507 e. The molecule has 1 saturated heterocycles. The Bertz CT molecular complexity index is 1060. The summed E-state index contributed by atoms with van der Waals surface area (Å²) in [4.78, 5) is 40.7. The number of aliphatic hydroxyl groups excluding tert-OH is 1. The Labute approximate surface area is 186 Å². The van der Waals surface area contributed by atoms with Crippen LogP contribution in [-0.2, 0) is 9.59 Å². The Morgan fingerprint density at radius 2 is 1.72 bits per heavy atom. The van der Waals surface area contributed by atoms with Crippen LogP contribution in [0.4, 0.5) is 5.69 Å². The molecule has 1 aliphatic heterocycles. The molecular weight excluding hydrogens is 410 g/mol. The van der Waals surface area contributed by atoms with E-state index >= 15 is 0 Å². The van der Waals surface area contributed by atoms with E-state index < -0.39 is 22.7 Å². The van der Waals surface area contributed by atoms with Crippen molar-refractivity contribution < 1.29 is 19.6 Å². The molecule has 0 saturated carbocycles. The van der Waals surface area contributed by atoms with Gasteiger partial charge in [0.1, 0.15) is 5.76 Å². The molecule has 3 rings (SSSR count). The minimum absolute atomic E-state index is 0.132. The first kappa shape index (κ1) is 23.1. The molecule has 0 aliphatic carbocycles. The normalized spacial score (nSPS) is 17.9. The Kier molecular flexibility index (Phi) is 7.05. The molecule has 0 spiro atoms. The van der Waals surface area contributed by atoms with E-state index in [0.717, 1.165) is 18.7 Å². The van der Waals surface area contributed by atoms with Gasteiger partial charge in [0.2, 0.25) is 0 Å². The van der Waals surface area contributed by atoms with E-state index in [1.807, 2.05) is 20.8 Å². The molecule has 8 nitrogen and oxygen atoms in total. The molecule has 32 heavy (non-hydrogen) atoms. The second-order valence-corrected chi connectivity index (χ2v) is 7.70. The van der Waals surface area contributed by atoms with Crippen LogP contribution >= 0.6 is 0 Å². The summed E-state index contributed by atoms with van der Waals surface area (Å²) in [7, 11) is 0. The van der Waals surface area contributed by atoms with E-state index in [1.165, 1.54) is 23.1 Å². The van der Waals surface area contributed by atoms with Gasteiger partial charge in [-0.2, -0.15) is 0 Å². The number of hydrogen-bond acceptors (Lipinski definition) is 6. The minimum atomic E-state index is -1.05. The maximum Gasteiger partial charge on any atom is 0.295 e. The number of benzene rings is 2. The monoisotopic (exact) mass is 437 g/mol. The summed E-state index contributed by atoms with van der Waals surface area (Å²) in [5, 5.41) is 22.8. The number of ketones is 1. The van der Waals surface area contributed by atoms with Crippen molar-refractivity contribution in [2.75, 3.05) is 26.2 Å². The third kappa shape index (κ3) is 4.40. The number of nitrogens with zero attached hydrogens (tertiary/aromatic N) is 3. The van der Waals surface area contributed by atoms with Crippen LogP contribution in [0.25, 0.3) is 5.76 Å². The zero-order valence-electron chi connectivity index (χ0n) is 18.4. The third-order valence-corrected chi connectivity index (χ3v) is 5.84. The standard InChI is InChI=1S/C24H27N3O5/c1-4-25(5-2)14-15-26-21(18-8-6-7-9-19(18)27(31)32)20(23(29)24(26)30)22(28)17-12-10-16(3)11-13-17/h6-13,21,28H,4-5,14-15H2,1-3H3/b22-20+/t21-/m1/s1. The first-order valence-electron chi connectivity index (χ1n) is 10.6. The smallest absolute Gasteiger partial charge is 0.295 e. The lowest BCUT2D eigenvalue weighted by molar-refractivity contribution is -0.385. The molecule has 1 amide bonds. The number of aliphatic hydroxyl groups is 1. The van der Waals surface area contributed by atoms with Gasteiger partial charge < -0.3 is 14.9 Å². The summed E-state index contributed by atoms with van der Waals surface area (Å²) in [6, 6.07) is 11.9. The Morgan fingerprint density at radius 1 is 1.09 bits per heavy atom. The van der Waals surface area contributed by atoms with E-state index in [1.54, 1.807) is 30.3 Å². The van der Waals surface area contributed by atoms with Gasteiger partial charge in [-0.3, -0.25) is 19.7 Å². The lowest BCUT2D eigenvalue weighted by Gasteiger charge is -2.28. The van der Waals surface area contributed by atoms with Gasteiger partial charge in [0.05, 0.1) is 22.1 Å². The van der Waals surface area contributed by atoms with Crippen LogP contribution in [0.5, 0.6) is 0 Å². The molecule has 1 heterocycles. The van der Waals surface area contributed by atoms with Crippen molar-refractivity contribution in [2.45, 2.75) is 26.8 Å². The van der Waals surface area contributed by atoms with Crippen molar-refractivity contribution in [3.63, 3.8) is 0 Å². The molecule has 1 atom stereocenters. The Hall–Kier alpha value is -3.52. The van der Waals surface area contributed by atoms with E-state index in [2.05, 4.69) is 4.90 Å². The van der Waals surface area contributed by atoms with Crippen LogP contribution in [-0.4, -0.2) is 57.7 Å². The number of carbonyl (C=O) groups is 2. The number of carbonyl (C=O) groups excluding carboxylic acids is 2. The summed E-state index contributed by atoms with van der Waals surface area (Å²) in [5.41, 5.74) is 1.21. The fourth-order valence-corrected chi connectivity index (χ4v) is 3.97. The average molecular weight is 437 g/mol. The van der Waals surface area contributed by atoms with Gasteiger partial charge in [0.25, 0.3) is 17.4 Å². The van der Waals surface area contributed by atoms with Crippen molar-refractivity contribution in [1.29, 1.82) is 0 Å². The number of rotatable bonds is 8. The van der Waals surface area contributed by atoms with E-state index in [-0.39, 0.29) is 29.1 Å². The highest BCUT2D eigenvalue weighted by atomic mass is 16.6. The quantitative estimate of drug-likeness (QED) is 0.222. The number of likely N-dealkylation sites (tertiary alicyclic amines) is 1. The number of para-hydroxylation sites is 1. The lowest BCUT2D eigenvalue weighted by Crippen LogP contribution is -2.38. The summed E-state index contributed by atoms with van der Waals surface area (Å²) in [6.45, 7) is 8.11. The van der Waals surface area contributed by atoms with E-state index in [4.69, 9.17) is 0 Å². The number of Topliss-reactive ketones (excluding diaryl/α,β-unsaturated/α-hetero) is 1. The average Bonchev–Trinajstić information content (AvgIpc) is 3.04. The highest BCUT2D eigenvalue weighted by molar-refractivity contribution is 6.46. The maximum absolute atomic E-state index is 13.1. The van der Waals surface area contributed by atoms with Crippen molar-refractivity contribution in [2.24, 2.45) is 0 Å². The molecule has 2 aromatic rings. The van der Waals surface area contributed by atoms with E-state index in [9.17, 15) is 24.8 Å². The molecule has 0 aromatic heterocycles. The predicted molar refractivity (Wildman–Crippen MR) is 121 cm³/mol. The van der Waals surface area contributed by atoms with E-state index in [0.29, 0.717) is 12.1 Å². The van der Waals surface area contributed by atoms with Gasteiger partial charge in [-0.05, 0) is 26.1 Å². The molecule has 8 heteroatoms. The van der Waals surface area contributed by atoms with Gasteiger partial charge in [-0.25, -0.2) is 0 Å². The number of amides is 1. The molecule has 168 valence electrons. The fourth-order valence-electron chi connectivity index (χ4n) is 3.97. The number of nitro groups is 1. The Morgan fingerprint density at radius 3 is 2.31 bits per heavy atom. The fraction of sp³-hybridized carbons (Fsp3) is 0.333. The zero-order chi connectivity index (χ0) is 23.4. The highest BCUT2D eigenvalue weighted by Gasteiger charge is 2.47. The molecule has 2 aromatic carbocycles. The Balaban J connectivity index is 2.18. The second kappa shape index (κ2) is 9.74. The molecular formula is C24H27N3O5. The lowest BCUT2D eigenvalue weighted by atomic mass is 9.94. The van der Waals surface area contributed by atoms with Crippen LogP contribution in [0.1, 0.15) is 36.6 Å². The van der Waals surface area contributed by atoms with Crippen LogP contribution in [0.15, 0.2) is 54.1 Å². The van der Waals surface area contributed by atoms with Crippen LogP contribution in [0.3, 0.4) is 0 Å².